The highest BCUT2D eigenvalue weighted by molar-refractivity contribution is 5.89. The van der Waals surface area contributed by atoms with E-state index in [0.29, 0.717) is 12.8 Å². The fourth-order valence-corrected chi connectivity index (χ4v) is 6.92. The van der Waals surface area contributed by atoms with E-state index in [4.69, 9.17) is 23.7 Å². The Kier molecular flexibility index (Phi) is 6.53. The molecule has 1 saturated carbocycles. The maximum Gasteiger partial charge on any atom is 0.342 e. The van der Waals surface area contributed by atoms with Crippen molar-refractivity contribution < 1.29 is 48.0 Å². The molecule has 0 radical (unpaired) electrons. The monoisotopic (exact) mass is 508 g/mol. The Bertz CT molecular complexity index is 1000. The molecule has 1 N–H and O–H groups in total. The van der Waals surface area contributed by atoms with Crippen LogP contribution >= 0.6 is 0 Å². The van der Waals surface area contributed by atoms with Gasteiger partial charge in [0.25, 0.3) is 0 Å². The molecular formula is C26H36O10. The van der Waals surface area contributed by atoms with Crippen LogP contribution in [-0.2, 0) is 42.9 Å². The molecule has 3 fully saturated rings. The van der Waals surface area contributed by atoms with Gasteiger partial charge in [0.15, 0.2) is 17.3 Å². The predicted molar refractivity (Wildman–Crippen MR) is 123 cm³/mol. The highest BCUT2D eigenvalue weighted by Gasteiger charge is 2.87. The van der Waals surface area contributed by atoms with Crippen molar-refractivity contribution in [3.63, 3.8) is 0 Å². The van der Waals surface area contributed by atoms with Crippen molar-refractivity contribution in [3.05, 3.63) is 11.6 Å². The third kappa shape index (κ3) is 3.84. The second kappa shape index (κ2) is 8.83. The van der Waals surface area contributed by atoms with E-state index in [1.165, 1.54) is 20.8 Å². The number of carbonyl (C=O) groups excluding carboxylic acids is 4. The van der Waals surface area contributed by atoms with E-state index in [0.717, 1.165) is 5.57 Å². The van der Waals surface area contributed by atoms with Gasteiger partial charge in [-0.2, -0.15) is 0 Å². The maximum atomic E-state index is 12.9. The molecule has 0 aromatic heterocycles. The predicted octanol–water partition coefficient (Wildman–Crippen LogP) is 2.00. The van der Waals surface area contributed by atoms with Gasteiger partial charge in [-0.3, -0.25) is 14.4 Å². The number of hydrogen-bond acceptors (Lipinski definition) is 10. The number of fused-ring (bicyclic) bond motifs is 1. The lowest BCUT2D eigenvalue weighted by Gasteiger charge is -2.56. The molecule has 0 amide bonds. The summed E-state index contributed by atoms with van der Waals surface area (Å²) in [5.74, 6) is -3.47. The van der Waals surface area contributed by atoms with Gasteiger partial charge in [-0.15, -0.1) is 0 Å². The zero-order valence-corrected chi connectivity index (χ0v) is 21.9. The van der Waals surface area contributed by atoms with Crippen LogP contribution in [0.25, 0.3) is 0 Å². The number of carbonyl (C=O) groups is 4. The first kappa shape index (κ1) is 26.6. The molecule has 2 aliphatic carbocycles. The van der Waals surface area contributed by atoms with Gasteiger partial charge in [0.05, 0.1) is 6.10 Å². The van der Waals surface area contributed by atoms with E-state index in [2.05, 4.69) is 0 Å². The summed E-state index contributed by atoms with van der Waals surface area (Å²) in [6, 6.07) is 0. The van der Waals surface area contributed by atoms with Crippen molar-refractivity contribution in [3.8, 4) is 0 Å². The molecule has 10 nitrogen and oxygen atoms in total. The van der Waals surface area contributed by atoms with Crippen LogP contribution in [0.3, 0.4) is 0 Å². The summed E-state index contributed by atoms with van der Waals surface area (Å²) in [4.78, 5) is 49.9. The van der Waals surface area contributed by atoms with Gasteiger partial charge in [0, 0.05) is 38.5 Å². The van der Waals surface area contributed by atoms with E-state index in [-0.39, 0.29) is 6.42 Å². The Balaban J connectivity index is 1.99. The Morgan fingerprint density at radius 3 is 2.17 bits per heavy atom. The van der Waals surface area contributed by atoms with Gasteiger partial charge in [0.2, 0.25) is 0 Å². The molecule has 0 bridgehead atoms. The van der Waals surface area contributed by atoms with Crippen LogP contribution in [0.4, 0.5) is 0 Å². The zero-order chi connectivity index (χ0) is 26.8. The van der Waals surface area contributed by atoms with Crippen LogP contribution in [0.1, 0.15) is 67.7 Å². The third-order valence-electron chi connectivity index (χ3n) is 8.75. The van der Waals surface area contributed by atoms with Gasteiger partial charge >= 0.3 is 23.9 Å². The molecule has 36 heavy (non-hydrogen) atoms. The van der Waals surface area contributed by atoms with Crippen molar-refractivity contribution in [2.75, 3.05) is 0 Å². The lowest BCUT2D eigenvalue weighted by Crippen LogP contribution is -2.66. The van der Waals surface area contributed by atoms with E-state index < -0.39 is 82.8 Å². The third-order valence-corrected chi connectivity index (χ3v) is 8.75. The number of allylic oxidation sites excluding steroid dienone is 1. The molecule has 2 aliphatic heterocycles. The minimum Gasteiger partial charge on any atom is -0.462 e. The second-order valence-electron chi connectivity index (χ2n) is 11.1. The van der Waals surface area contributed by atoms with Crippen molar-refractivity contribution in [2.45, 2.75) is 109 Å². The first-order chi connectivity index (χ1) is 16.7. The van der Waals surface area contributed by atoms with Crippen LogP contribution in [-0.4, -0.2) is 70.7 Å². The van der Waals surface area contributed by atoms with Crippen molar-refractivity contribution in [1.82, 2.24) is 0 Å². The average Bonchev–Trinajstić information content (AvgIpc) is 3.34. The molecular weight excluding hydrogens is 472 g/mol. The number of epoxide rings is 1. The van der Waals surface area contributed by atoms with Gasteiger partial charge < -0.3 is 28.8 Å². The fourth-order valence-electron chi connectivity index (χ4n) is 6.92. The van der Waals surface area contributed by atoms with Crippen LogP contribution in [0, 0.1) is 17.3 Å². The molecule has 10 atom stereocenters. The number of rotatable bonds is 3. The van der Waals surface area contributed by atoms with Crippen LogP contribution in [0.5, 0.6) is 0 Å². The minimum atomic E-state index is -1.37. The summed E-state index contributed by atoms with van der Waals surface area (Å²) < 4.78 is 29.5. The Morgan fingerprint density at radius 2 is 1.61 bits per heavy atom. The molecule has 2 heterocycles. The molecule has 4 rings (SSSR count). The lowest BCUT2D eigenvalue weighted by atomic mass is 9.53. The standard InChI is InChI=1S/C26H36O10/c1-12-8-9-18(32-14(3)27)24(6)19(33-15(4)28)11-17(30)13(2)21(24)22(34-16(5)29)26-20(10-12)35-23(31)25(26,7)36-26/h10,13,17-22,30H,8-9,11H2,1-7H3. The van der Waals surface area contributed by atoms with Gasteiger partial charge in [-0.1, -0.05) is 19.4 Å². The number of hydrogen-bond donors (Lipinski definition) is 1. The molecule has 2 saturated heterocycles. The Labute approximate surface area is 210 Å². The molecule has 0 aromatic rings. The smallest absolute Gasteiger partial charge is 0.342 e. The molecule has 200 valence electrons. The topological polar surface area (TPSA) is 138 Å². The minimum absolute atomic E-state index is 0.108. The van der Waals surface area contributed by atoms with Crippen LogP contribution in [0.2, 0.25) is 0 Å². The molecule has 10 heteroatoms. The van der Waals surface area contributed by atoms with Gasteiger partial charge in [-0.05, 0) is 38.7 Å². The Hall–Kier alpha value is -2.46. The molecule has 10 unspecified atom stereocenters. The average molecular weight is 509 g/mol. The zero-order valence-electron chi connectivity index (χ0n) is 21.9. The molecule has 1 spiro atoms. The van der Waals surface area contributed by atoms with Crippen molar-refractivity contribution in [1.29, 1.82) is 0 Å². The summed E-state index contributed by atoms with van der Waals surface area (Å²) in [5.41, 5.74) is -2.95. The summed E-state index contributed by atoms with van der Waals surface area (Å²) in [6.45, 7) is 11.0. The Morgan fingerprint density at radius 1 is 1.03 bits per heavy atom. The molecule has 4 aliphatic rings. The van der Waals surface area contributed by atoms with Crippen LogP contribution in [0.15, 0.2) is 11.6 Å². The summed E-state index contributed by atoms with van der Waals surface area (Å²) >= 11 is 0. The number of aliphatic hydroxyl groups excluding tert-OH is 1. The van der Waals surface area contributed by atoms with Gasteiger partial charge in [0.1, 0.15) is 18.3 Å². The van der Waals surface area contributed by atoms with Crippen LogP contribution < -0.4 is 0 Å². The summed E-state index contributed by atoms with van der Waals surface area (Å²) in [5, 5.41) is 11.1. The summed E-state index contributed by atoms with van der Waals surface area (Å²) in [6.07, 6.45) is -1.66. The highest BCUT2D eigenvalue weighted by Crippen LogP contribution is 2.65. The van der Waals surface area contributed by atoms with Crippen molar-refractivity contribution in [2.24, 2.45) is 17.3 Å². The van der Waals surface area contributed by atoms with Gasteiger partial charge in [-0.25, -0.2) is 4.79 Å². The number of esters is 4. The largest absolute Gasteiger partial charge is 0.462 e. The first-order valence-corrected chi connectivity index (χ1v) is 12.5. The maximum absolute atomic E-state index is 12.9. The highest BCUT2D eigenvalue weighted by atomic mass is 16.7. The fraction of sp³-hybridized carbons (Fsp3) is 0.769. The van der Waals surface area contributed by atoms with Crippen molar-refractivity contribution >= 4 is 23.9 Å². The second-order valence-corrected chi connectivity index (χ2v) is 11.1. The summed E-state index contributed by atoms with van der Waals surface area (Å²) in [7, 11) is 0. The normalized spacial score (nSPS) is 45.6. The van der Waals surface area contributed by atoms with E-state index in [1.54, 1.807) is 13.0 Å². The number of ether oxygens (including phenoxy) is 5. The molecule has 0 aromatic carbocycles. The van der Waals surface area contributed by atoms with E-state index in [1.807, 2.05) is 20.8 Å². The number of aliphatic hydroxyl groups is 1. The lowest BCUT2D eigenvalue weighted by molar-refractivity contribution is -0.231. The quantitative estimate of drug-likeness (QED) is 0.261. The SMILES string of the molecule is CC(=O)OC1CCC(C)=CC2OC(=O)C3(C)OC23C(OC(C)=O)C2C(C)C(O)CC(OC(C)=O)C12C. The first-order valence-electron chi connectivity index (χ1n) is 12.5. The van der Waals surface area contributed by atoms with E-state index >= 15 is 0 Å². The van der Waals surface area contributed by atoms with E-state index in [9.17, 15) is 24.3 Å².